The average molecular weight is 465 g/mol. The van der Waals surface area contributed by atoms with Gasteiger partial charge in [0.1, 0.15) is 0 Å². The molecule has 0 amide bonds. The normalized spacial score (nSPS) is 19.2. The van der Waals surface area contributed by atoms with Crippen LogP contribution in [0.15, 0.2) is 66.4 Å². The Morgan fingerprint density at radius 2 is 1.03 bits per heavy atom. The molecule has 0 atom stereocenters. The molecule has 0 bridgehead atoms. The summed E-state index contributed by atoms with van der Waals surface area (Å²) in [6.45, 7) is 10.2. The fourth-order valence-electron chi connectivity index (χ4n) is 4.88. The van der Waals surface area contributed by atoms with E-state index in [1.54, 1.807) is 4.90 Å². The lowest BCUT2D eigenvalue weighted by molar-refractivity contribution is 0.339. The fraction of sp³-hybridized carbons (Fsp3) is 0.333. The van der Waals surface area contributed by atoms with Crippen molar-refractivity contribution in [1.29, 1.82) is 0 Å². The number of benzene rings is 2. The highest BCUT2D eigenvalue weighted by Gasteiger charge is 2.36. The lowest BCUT2D eigenvalue weighted by atomic mass is 10.0. The van der Waals surface area contributed by atoms with Gasteiger partial charge in [-0.15, -0.1) is 0 Å². The minimum Gasteiger partial charge on any atom is -0.341 e. The summed E-state index contributed by atoms with van der Waals surface area (Å²) < 4.78 is 0. The summed E-state index contributed by atoms with van der Waals surface area (Å²) in [5, 5.41) is 0. The summed E-state index contributed by atoms with van der Waals surface area (Å²) >= 11 is 0. The Balaban J connectivity index is 1.52. The van der Waals surface area contributed by atoms with Gasteiger partial charge in [-0.3, -0.25) is 0 Å². The Hall–Kier alpha value is -3.94. The van der Waals surface area contributed by atoms with Gasteiger partial charge >= 0.3 is 0 Å². The minimum atomic E-state index is 0.496. The van der Waals surface area contributed by atoms with Crippen molar-refractivity contribution in [2.45, 2.75) is 47.0 Å². The van der Waals surface area contributed by atoms with Crippen LogP contribution in [0.5, 0.6) is 0 Å². The van der Waals surface area contributed by atoms with Crippen molar-refractivity contribution in [3.8, 4) is 0 Å². The highest BCUT2D eigenvalue weighted by atomic mass is 15.5. The zero-order valence-electron chi connectivity index (χ0n) is 20.6. The summed E-state index contributed by atoms with van der Waals surface area (Å²) in [6.07, 6.45) is 3.51. The Labute approximate surface area is 205 Å². The molecule has 8 nitrogen and oxygen atoms in total. The third-order valence-corrected chi connectivity index (χ3v) is 6.71. The molecule has 0 aliphatic carbocycles. The molecule has 0 aromatic heterocycles. The van der Waals surface area contributed by atoms with Crippen molar-refractivity contribution in [1.82, 2.24) is 9.80 Å². The van der Waals surface area contributed by atoms with E-state index in [1.165, 1.54) is 17.5 Å². The molecule has 35 heavy (non-hydrogen) atoms. The van der Waals surface area contributed by atoms with E-state index in [0.29, 0.717) is 35.5 Å². The van der Waals surface area contributed by atoms with Crippen molar-refractivity contribution in [3.05, 3.63) is 69.8 Å². The van der Waals surface area contributed by atoms with E-state index in [2.05, 4.69) is 69.0 Å². The van der Waals surface area contributed by atoms with Crippen LogP contribution >= 0.6 is 0 Å². The zero-order valence-corrected chi connectivity index (χ0v) is 20.6. The molecule has 1 fully saturated rings. The van der Waals surface area contributed by atoms with E-state index >= 15 is 0 Å². The molecule has 0 radical (unpaired) electrons. The number of amidine groups is 2. The molecule has 6 rings (SSSR count). The van der Waals surface area contributed by atoms with Crippen molar-refractivity contribution < 1.29 is 0 Å². The van der Waals surface area contributed by atoms with E-state index in [0.717, 1.165) is 48.2 Å². The van der Waals surface area contributed by atoms with E-state index in [4.69, 9.17) is 30.0 Å². The maximum Gasteiger partial charge on any atom is 0.244 e. The Kier molecular flexibility index (Phi) is 5.16. The van der Waals surface area contributed by atoms with E-state index in [-0.39, 0.29) is 0 Å². The first-order valence-corrected chi connectivity index (χ1v) is 12.2. The molecule has 4 aliphatic rings. The smallest absolute Gasteiger partial charge is 0.244 e. The van der Waals surface area contributed by atoms with Gasteiger partial charge in [0, 0.05) is 24.2 Å². The zero-order chi connectivity index (χ0) is 24.1. The predicted molar refractivity (Wildman–Crippen MR) is 142 cm³/mol. The Morgan fingerprint density at radius 1 is 0.543 bits per heavy atom. The SMILES string of the molecule is Cc1ccc(C2=NC3=NC(c4ccc(C)cc4C)=NC4=NC(N5CCCCC5)=NC(=N2)N34)c(C)c1. The van der Waals surface area contributed by atoms with Gasteiger partial charge in [0.2, 0.25) is 23.8 Å². The number of rotatable bonds is 2. The van der Waals surface area contributed by atoms with Gasteiger partial charge in [-0.1, -0.05) is 47.5 Å². The van der Waals surface area contributed by atoms with Crippen molar-refractivity contribution in [2.24, 2.45) is 30.0 Å². The largest absolute Gasteiger partial charge is 0.341 e. The maximum absolute atomic E-state index is 4.87. The van der Waals surface area contributed by atoms with Gasteiger partial charge < -0.3 is 4.90 Å². The second-order valence-corrected chi connectivity index (χ2v) is 9.54. The van der Waals surface area contributed by atoms with Gasteiger partial charge in [-0.05, 0) is 58.1 Å². The third-order valence-electron chi connectivity index (χ3n) is 6.71. The fourth-order valence-corrected chi connectivity index (χ4v) is 4.88. The molecule has 4 aliphatic heterocycles. The van der Waals surface area contributed by atoms with Gasteiger partial charge in [-0.25, -0.2) is 4.90 Å². The lowest BCUT2D eigenvalue weighted by Gasteiger charge is -2.34. The second-order valence-electron chi connectivity index (χ2n) is 9.54. The van der Waals surface area contributed by atoms with Crippen LogP contribution < -0.4 is 0 Å². The number of aryl methyl sites for hydroxylation is 4. The Bertz CT molecular complexity index is 1370. The van der Waals surface area contributed by atoms with Gasteiger partial charge in [0.05, 0.1) is 0 Å². The Morgan fingerprint density at radius 3 is 1.57 bits per heavy atom. The molecule has 4 heterocycles. The lowest BCUT2D eigenvalue weighted by Crippen LogP contribution is -2.50. The molecular formula is C27H28N8. The molecule has 1 saturated heterocycles. The number of hydrogen-bond donors (Lipinski definition) is 0. The highest BCUT2D eigenvalue weighted by Crippen LogP contribution is 2.25. The van der Waals surface area contributed by atoms with E-state index in [1.807, 2.05) is 0 Å². The first kappa shape index (κ1) is 21.6. The highest BCUT2D eigenvalue weighted by molar-refractivity contribution is 6.33. The van der Waals surface area contributed by atoms with Crippen LogP contribution in [0.2, 0.25) is 0 Å². The van der Waals surface area contributed by atoms with Crippen LogP contribution in [-0.2, 0) is 0 Å². The van der Waals surface area contributed by atoms with Gasteiger partial charge in [-0.2, -0.15) is 30.0 Å². The number of guanidine groups is 4. The second kappa shape index (κ2) is 8.37. The van der Waals surface area contributed by atoms with Crippen LogP contribution in [0.25, 0.3) is 0 Å². The number of hydrogen-bond acceptors (Lipinski definition) is 8. The van der Waals surface area contributed by atoms with Crippen LogP contribution in [0.1, 0.15) is 52.6 Å². The van der Waals surface area contributed by atoms with E-state index in [9.17, 15) is 0 Å². The molecule has 8 heteroatoms. The molecule has 0 saturated carbocycles. The summed E-state index contributed by atoms with van der Waals surface area (Å²) in [5.74, 6) is 3.41. The maximum atomic E-state index is 4.87. The number of nitrogens with zero attached hydrogens (tertiary/aromatic N) is 8. The van der Waals surface area contributed by atoms with Crippen LogP contribution in [0, 0.1) is 27.7 Å². The molecule has 2 aromatic rings. The number of piperidine rings is 1. The average Bonchev–Trinajstić information content (AvgIpc) is 2.84. The third kappa shape index (κ3) is 3.88. The molecule has 176 valence electrons. The number of aliphatic imine (C=N–C) groups is 6. The summed E-state index contributed by atoms with van der Waals surface area (Å²) in [6, 6.07) is 12.6. The molecule has 0 spiro atoms. The quantitative estimate of drug-likeness (QED) is 0.662. The molecular weight excluding hydrogens is 436 g/mol. The van der Waals surface area contributed by atoms with E-state index < -0.39 is 0 Å². The van der Waals surface area contributed by atoms with Crippen molar-refractivity contribution in [3.63, 3.8) is 0 Å². The molecule has 0 unspecified atom stereocenters. The van der Waals surface area contributed by atoms with Crippen molar-refractivity contribution >= 4 is 35.5 Å². The molecule has 2 aromatic carbocycles. The summed E-state index contributed by atoms with van der Waals surface area (Å²) in [5.41, 5.74) is 6.58. The predicted octanol–water partition coefficient (Wildman–Crippen LogP) is 4.37. The standard InChI is InChI=1S/C27H28N8/c1-16-8-10-20(18(3)14-16)22-28-25-29-23(21-11-9-17(2)15-19(21)4)31-27-33-24(32-26(30-22)35(25)27)34-12-6-5-7-13-34/h8-11,14-15H,5-7,12-13H2,1-4H3. The monoisotopic (exact) mass is 464 g/mol. The summed E-state index contributed by atoms with van der Waals surface area (Å²) in [7, 11) is 0. The van der Waals surface area contributed by atoms with Gasteiger partial charge in [0.25, 0.3) is 0 Å². The summed E-state index contributed by atoms with van der Waals surface area (Å²) in [4.78, 5) is 33.2. The first-order chi connectivity index (χ1) is 17.0. The number of likely N-dealkylation sites (tertiary alicyclic amines) is 1. The van der Waals surface area contributed by atoms with Crippen molar-refractivity contribution in [2.75, 3.05) is 13.1 Å². The minimum absolute atomic E-state index is 0.496. The topological polar surface area (TPSA) is 80.6 Å². The van der Waals surface area contributed by atoms with Crippen LogP contribution in [0.4, 0.5) is 0 Å². The first-order valence-electron chi connectivity index (χ1n) is 12.2. The van der Waals surface area contributed by atoms with Gasteiger partial charge in [0.15, 0.2) is 11.7 Å². The van der Waals surface area contributed by atoms with Crippen LogP contribution in [-0.4, -0.2) is 58.4 Å². The van der Waals surface area contributed by atoms with Crippen LogP contribution in [0.3, 0.4) is 0 Å². The molecule has 0 N–H and O–H groups in total.